The third-order valence-corrected chi connectivity index (χ3v) is 3.11. The lowest BCUT2D eigenvalue weighted by atomic mass is 10.1. The first-order chi connectivity index (χ1) is 9.20. The van der Waals surface area contributed by atoms with E-state index in [1.54, 1.807) is 4.90 Å². The molecule has 1 aromatic rings. The van der Waals surface area contributed by atoms with Crippen LogP contribution in [0.25, 0.3) is 0 Å². The number of rotatable bonds is 3. The second-order valence-electron chi connectivity index (χ2n) is 4.50. The summed E-state index contributed by atoms with van der Waals surface area (Å²) in [6, 6.07) is 7.44. The highest BCUT2D eigenvalue weighted by atomic mass is 16.2. The van der Waals surface area contributed by atoms with Crippen LogP contribution in [0, 0.1) is 0 Å². The summed E-state index contributed by atoms with van der Waals surface area (Å²) in [5.74, 6) is -0.00246. The van der Waals surface area contributed by atoms with E-state index in [1.807, 2.05) is 31.2 Å². The highest BCUT2D eigenvalue weighted by Crippen LogP contribution is 2.12. The lowest BCUT2D eigenvalue weighted by molar-refractivity contribution is -0.120. The van der Waals surface area contributed by atoms with E-state index in [0.717, 1.165) is 12.2 Å². The molecule has 0 unspecified atom stereocenters. The molecule has 1 aromatic carbocycles. The molecular weight excluding hydrogens is 242 g/mol. The maximum Gasteiger partial charge on any atom is 0.253 e. The molecule has 1 aliphatic rings. The predicted molar refractivity (Wildman–Crippen MR) is 74.1 cm³/mol. The van der Waals surface area contributed by atoms with E-state index in [4.69, 9.17) is 0 Å². The zero-order valence-electron chi connectivity index (χ0n) is 11.1. The largest absolute Gasteiger partial charge is 0.385 e. The van der Waals surface area contributed by atoms with Gasteiger partial charge in [0.2, 0.25) is 5.91 Å². The van der Waals surface area contributed by atoms with Crippen LogP contribution < -0.4 is 10.6 Å². The first kappa shape index (κ1) is 13.4. The number of hydrogen-bond donors (Lipinski definition) is 2. The van der Waals surface area contributed by atoms with E-state index in [-0.39, 0.29) is 11.8 Å². The molecule has 2 amide bonds. The van der Waals surface area contributed by atoms with Gasteiger partial charge in [-0.25, -0.2) is 0 Å². The van der Waals surface area contributed by atoms with Crippen LogP contribution in [0.1, 0.15) is 23.7 Å². The fraction of sp³-hybridized carbons (Fsp3) is 0.429. The molecule has 5 heteroatoms. The van der Waals surface area contributed by atoms with E-state index in [2.05, 4.69) is 10.6 Å². The summed E-state index contributed by atoms with van der Waals surface area (Å²) in [5, 5.41) is 5.95. The Bertz CT molecular complexity index is 456. The molecule has 1 heterocycles. The van der Waals surface area contributed by atoms with Gasteiger partial charge in [0.1, 0.15) is 0 Å². The van der Waals surface area contributed by atoms with Crippen LogP contribution in [0.2, 0.25) is 0 Å². The van der Waals surface area contributed by atoms with Crippen molar-refractivity contribution >= 4 is 17.5 Å². The first-order valence-electron chi connectivity index (χ1n) is 6.60. The minimum absolute atomic E-state index is 0.0118. The molecule has 0 atom stereocenters. The topological polar surface area (TPSA) is 61.4 Å². The second kappa shape index (κ2) is 6.22. The van der Waals surface area contributed by atoms with Crippen LogP contribution in [-0.2, 0) is 4.79 Å². The van der Waals surface area contributed by atoms with Crippen molar-refractivity contribution in [2.75, 3.05) is 31.5 Å². The van der Waals surface area contributed by atoms with Gasteiger partial charge in [-0.15, -0.1) is 0 Å². The van der Waals surface area contributed by atoms with Crippen LogP contribution in [0.5, 0.6) is 0 Å². The van der Waals surface area contributed by atoms with Crippen molar-refractivity contribution in [3.63, 3.8) is 0 Å². The number of amides is 2. The SMILES string of the molecule is CCNc1ccc(C(=O)N2CCNC(=O)CC2)cc1. The van der Waals surface area contributed by atoms with Gasteiger partial charge in [0.05, 0.1) is 0 Å². The van der Waals surface area contributed by atoms with Crippen LogP contribution in [0.4, 0.5) is 5.69 Å². The summed E-state index contributed by atoms with van der Waals surface area (Å²) in [6.45, 7) is 4.46. The van der Waals surface area contributed by atoms with Gasteiger partial charge in [-0.1, -0.05) is 0 Å². The molecule has 1 fully saturated rings. The Morgan fingerprint density at radius 2 is 2.05 bits per heavy atom. The second-order valence-corrected chi connectivity index (χ2v) is 4.50. The van der Waals surface area contributed by atoms with Crippen molar-refractivity contribution < 1.29 is 9.59 Å². The average molecular weight is 261 g/mol. The van der Waals surface area contributed by atoms with Gasteiger partial charge >= 0.3 is 0 Å². The van der Waals surface area contributed by atoms with Crippen molar-refractivity contribution in [3.8, 4) is 0 Å². The molecule has 0 saturated carbocycles. The minimum atomic E-state index is -0.0143. The Hall–Kier alpha value is -2.04. The molecule has 0 aromatic heterocycles. The molecule has 0 bridgehead atoms. The molecule has 0 spiro atoms. The highest BCUT2D eigenvalue weighted by Gasteiger charge is 2.19. The fourth-order valence-electron chi connectivity index (χ4n) is 2.09. The molecule has 19 heavy (non-hydrogen) atoms. The van der Waals surface area contributed by atoms with Crippen molar-refractivity contribution in [2.24, 2.45) is 0 Å². The van der Waals surface area contributed by atoms with Crippen LogP contribution >= 0.6 is 0 Å². The summed E-state index contributed by atoms with van der Waals surface area (Å²) in [7, 11) is 0. The van der Waals surface area contributed by atoms with Gasteiger partial charge in [0.25, 0.3) is 5.91 Å². The highest BCUT2D eigenvalue weighted by molar-refractivity contribution is 5.95. The minimum Gasteiger partial charge on any atom is -0.385 e. The molecule has 5 nitrogen and oxygen atoms in total. The van der Waals surface area contributed by atoms with Crippen molar-refractivity contribution in [1.82, 2.24) is 10.2 Å². The van der Waals surface area contributed by atoms with Gasteiger partial charge in [-0.05, 0) is 31.2 Å². The third-order valence-electron chi connectivity index (χ3n) is 3.11. The Morgan fingerprint density at radius 1 is 1.32 bits per heavy atom. The van der Waals surface area contributed by atoms with E-state index in [9.17, 15) is 9.59 Å². The number of anilines is 1. The quantitative estimate of drug-likeness (QED) is 0.856. The summed E-state index contributed by atoms with van der Waals surface area (Å²) in [4.78, 5) is 25.3. The van der Waals surface area contributed by atoms with Crippen molar-refractivity contribution in [1.29, 1.82) is 0 Å². The molecule has 2 rings (SSSR count). The molecule has 0 radical (unpaired) electrons. The third kappa shape index (κ3) is 3.47. The molecule has 1 saturated heterocycles. The Balaban J connectivity index is 2.03. The van der Waals surface area contributed by atoms with Gasteiger partial charge in [-0.3, -0.25) is 9.59 Å². The van der Waals surface area contributed by atoms with Crippen LogP contribution in [0.15, 0.2) is 24.3 Å². The van der Waals surface area contributed by atoms with Gasteiger partial charge in [0, 0.05) is 43.9 Å². The monoisotopic (exact) mass is 261 g/mol. The Kier molecular flexibility index (Phi) is 4.39. The summed E-state index contributed by atoms with van der Waals surface area (Å²) in [5.41, 5.74) is 1.67. The smallest absolute Gasteiger partial charge is 0.253 e. The zero-order chi connectivity index (χ0) is 13.7. The van der Waals surface area contributed by atoms with E-state index >= 15 is 0 Å². The number of hydrogen-bond acceptors (Lipinski definition) is 3. The standard InChI is InChI=1S/C14H19N3O2/c1-2-15-12-5-3-11(4-6-12)14(19)17-9-7-13(18)16-8-10-17/h3-6,15H,2,7-10H2,1H3,(H,16,18). The predicted octanol–water partition coefficient (Wildman–Crippen LogP) is 1.08. The number of carbonyl (C=O) groups is 2. The average Bonchev–Trinajstić information content (AvgIpc) is 2.64. The van der Waals surface area contributed by atoms with Crippen molar-refractivity contribution in [3.05, 3.63) is 29.8 Å². The van der Waals surface area contributed by atoms with Crippen molar-refractivity contribution in [2.45, 2.75) is 13.3 Å². The lowest BCUT2D eigenvalue weighted by Crippen LogP contribution is -2.34. The summed E-state index contributed by atoms with van der Waals surface area (Å²) < 4.78 is 0. The van der Waals surface area contributed by atoms with E-state index < -0.39 is 0 Å². The number of carbonyl (C=O) groups excluding carboxylic acids is 2. The van der Waals surface area contributed by atoms with E-state index in [0.29, 0.717) is 31.6 Å². The molecule has 1 aliphatic heterocycles. The molecule has 0 aliphatic carbocycles. The normalized spacial score (nSPS) is 15.6. The number of nitrogens with zero attached hydrogens (tertiary/aromatic N) is 1. The number of benzene rings is 1. The lowest BCUT2D eigenvalue weighted by Gasteiger charge is -2.19. The first-order valence-corrected chi connectivity index (χ1v) is 6.60. The molecule has 102 valence electrons. The summed E-state index contributed by atoms with van der Waals surface area (Å²) >= 11 is 0. The van der Waals surface area contributed by atoms with Gasteiger partial charge in [-0.2, -0.15) is 0 Å². The fourth-order valence-corrected chi connectivity index (χ4v) is 2.09. The zero-order valence-corrected chi connectivity index (χ0v) is 11.1. The maximum absolute atomic E-state index is 12.3. The molecular formula is C14H19N3O2. The Labute approximate surface area is 113 Å². The Morgan fingerprint density at radius 3 is 2.74 bits per heavy atom. The van der Waals surface area contributed by atoms with Crippen LogP contribution in [0.3, 0.4) is 0 Å². The van der Waals surface area contributed by atoms with Crippen LogP contribution in [-0.4, -0.2) is 42.9 Å². The van der Waals surface area contributed by atoms with E-state index in [1.165, 1.54) is 0 Å². The van der Waals surface area contributed by atoms with Gasteiger partial charge < -0.3 is 15.5 Å². The number of nitrogens with one attached hydrogen (secondary N) is 2. The van der Waals surface area contributed by atoms with Gasteiger partial charge in [0.15, 0.2) is 0 Å². The summed E-state index contributed by atoms with van der Waals surface area (Å²) in [6.07, 6.45) is 0.376. The molecule has 2 N–H and O–H groups in total. The maximum atomic E-state index is 12.3.